The number of hydrogen-bond donors (Lipinski definition) is 0. The van der Waals surface area contributed by atoms with Crippen LogP contribution >= 0.6 is 0 Å². The molecule has 0 spiro atoms. The average Bonchev–Trinajstić information content (AvgIpc) is 3.05. The van der Waals surface area contributed by atoms with Crippen LogP contribution in [0.15, 0.2) is 0 Å². The highest BCUT2D eigenvalue weighted by Crippen LogP contribution is 2.49. The van der Waals surface area contributed by atoms with Gasteiger partial charge in [0.05, 0.1) is 24.0 Å². The number of fused-ring (bicyclic) bond motifs is 2. The van der Waals surface area contributed by atoms with Gasteiger partial charge in [0.15, 0.2) is 9.84 Å². The average molecular weight is 326 g/mol. The third kappa shape index (κ3) is 3.44. The molecule has 4 unspecified atom stereocenters. The number of hydrogen-bond acceptors (Lipinski definition) is 6. The van der Waals surface area contributed by atoms with Gasteiger partial charge in [-0.15, -0.1) is 0 Å². The maximum atomic E-state index is 12.0. The summed E-state index contributed by atoms with van der Waals surface area (Å²) in [6, 6.07) is 2.35. The number of nitrogens with zero attached hydrogens (tertiary/aromatic N) is 2. The molecule has 6 nitrogen and oxygen atoms in total. The standard InChI is InChI=1S/C15H22N2O4S/c16-10-13-8-12-7-11(13)9-14(12)21-15(18)1-2-17-3-5-22(19,20)6-4-17/h11-14H,1-9H2. The Hall–Kier alpha value is -1.13. The van der Waals surface area contributed by atoms with Crippen LogP contribution in [0.5, 0.6) is 0 Å². The van der Waals surface area contributed by atoms with E-state index in [-0.39, 0.29) is 29.5 Å². The van der Waals surface area contributed by atoms with Gasteiger partial charge in [-0.25, -0.2) is 8.42 Å². The first kappa shape index (κ1) is 15.8. The summed E-state index contributed by atoms with van der Waals surface area (Å²) < 4.78 is 28.3. The second-order valence-electron chi connectivity index (χ2n) is 6.73. The number of ether oxygens (including phenoxy) is 1. The molecular weight excluding hydrogens is 304 g/mol. The number of carbonyl (C=O) groups excluding carboxylic acids is 1. The lowest BCUT2D eigenvalue weighted by Gasteiger charge is -2.27. The quantitative estimate of drug-likeness (QED) is 0.703. The first-order valence-corrected chi connectivity index (χ1v) is 9.81. The molecule has 3 fully saturated rings. The fourth-order valence-electron chi connectivity index (χ4n) is 3.98. The molecule has 1 aliphatic heterocycles. The lowest BCUT2D eigenvalue weighted by atomic mass is 9.88. The van der Waals surface area contributed by atoms with Crippen molar-refractivity contribution < 1.29 is 17.9 Å². The molecule has 2 bridgehead atoms. The summed E-state index contributed by atoms with van der Waals surface area (Å²) in [4.78, 5) is 14.0. The van der Waals surface area contributed by atoms with E-state index in [0.717, 1.165) is 19.3 Å². The Kier molecular flexibility index (Phi) is 4.42. The zero-order valence-corrected chi connectivity index (χ0v) is 13.4. The van der Waals surface area contributed by atoms with Gasteiger partial charge in [0.25, 0.3) is 0 Å². The van der Waals surface area contributed by atoms with E-state index >= 15 is 0 Å². The van der Waals surface area contributed by atoms with Crippen LogP contribution in [0.25, 0.3) is 0 Å². The van der Waals surface area contributed by atoms with E-state index in [0.29, 0.717) is 37.9 Å². The van der Waals surface area contributed by atoms with Crippen molar-refractivity contribution in [1.29, 1.82) is 5.26 Å². The molecule has 0 radical (unpaired) electrons. The van der Waals surface area contributed by atoms with Crippen LogP contribution in [-0.2, 0) is 19.4 Å². The van der Waals surface area contributed by atoms with Crippen LogP contribution in [0.2, 0.25) is 0 Å². The maximum Gasteiger partial charge on any atom is 0.307 e. The first-order valence-electron chi connectivity index (χ1n) is 7.99. The van der Waals surface area contributed by atoms with Gasteiger partial charge >= 0.3 is 5.97 Å². The third-order valence-electron chi connectivity index (χ3n) is 5.31. The summed E-state index contributed by atoms with van der Waals surface area (Å²) in [5, 5.41) is 9.02. The Balaban J connectivity index is 1.39. The van der Waals surface area contributed by atoms with E-state index in [1.54, 1.807) is 0 Å². The minimum absolute atomic E-state index is 0.0103. The predicted octanol–water partition coefficient (Wildman–Crippen LogP) is 0.588. The Morgan fingerprint density at radius 2 is 1.91 bits per heavy atom. The summed E-state index contributed by atoms with van der Waals surface area (Å²) in [6.45, 7) is 1.58. The highest BCUT2D eigenvalue weighted by molar-refractivity contribution is 7.91. The zero-order valence-electron chi connectivity index (χ0n) is 12.6. The summed E-state index contributed by atoms with van der Waals surface area (Å²) >= 11 is 0. The molecule has 1 heterocycles. The molecule has 0 amide bonds. The van der Waals surface area contributed by atoms with Gasteiger partial charge in [0.2, 0.25) is 0 Å². The van der Waals surface area contributed by atoms with Crippen molar-refractivity contribution in [2.24, 2.45) is 17.8 Å². The van der Waals surface area contributed by atoms with Gasteiger partial charge in [-0.2, -0.15) is 5.26 Å². The fourth-order valence-corrected chi connectivity index (χ4v) is 5.25. The molecule has 3 aliphatic rings. The third-order valence-corrected chi connectivity index (χ3v) is 6.92. The van der Waals surface area contributed by atoms with Crippen LogP contribution in [-0.4, -0.2) is 56.5 Å². The minimum atomic E-state index is -2.87. The van der Waals surface area contributed by atoms with Crippen molar-refractivity contribution >= 4 is 15.8 Å². The highest BCUT2D eigenvalue weighted by atomic mass is 32.2. The van der Waals surface area contributed by atoms with Gasteiger partial charge < -0.3 is 9.64 Å². The van der Waals surface area contributed by atoms with E-state index in [1.165, 1.54) is 0 Å². The molecule has 7 heteroatoms. The van der Waals surface area contributed by atoms with Gasteiger partial charge in [-0.05, 0) is 31.1 Å². The van der Waals surface area contributed by atoms with E-state index < -0.39 is 9.84 Å². The topological polar surface area (TPSA) is 87.5 Å². The van der Waals surface area contributed by atoms with Gasteiger partial charge in [0, 0.05) is 25.6 Å². The molecule has 22 heavy (non-hydrogen) atoms. The molecular formula is C15H22N2O4S. The first-order chi connectivity index (χ1) is 10.5. The molecule has 122 valence electrons. The monoisotopic (exact) mass is 326 g/mol. The molecule has 3 rings (SSSR count). The van der Waals surface area contributed by atoms with Crippen molar-refractivity contribution in [3.63, 3.8) is 0 Å². The van der Waals surface area contributed by atoms with Gasteiger partial charge in [0.1, 0.15) is 6.10 Å². The van der Waals surface area contributed by atoms with Crippen LogP contribution in [0.4, 0.5) is 0 Å². The molecule has 4 atom stereocenters. The van der Waals surface area contributed by atoms with Gasteiger partial charge in [-0.3, -0.25) is 4.79 Å². The number of esters is 1. The van der Waals surface area contributed by atoms with Crippen molar-refractivity contribution in [2.75, 3.05) is 31.1 Å². The summed E-state index contributed by atoms with van der Waals surface area (Å²) in [5.74, 6) is 1.09. The van der Waals surface area contributed by atoms with E-state index in [9.17, 15) is 13.2 Å². The second-order valence-corrected chi connectivity index (χ2v) is 9.04. The Morgan fingerprint density at radius 1 is 1.18 bits per heavy atom. The molecule has 2 saturated carbocycles. The van der Waals surface area contributed by atoms with E-state index in [4.69, 9.17) is 10.00 Å². The molecule has 0 N–H and O–H groups in total. The summed E-state index contributed by atoms with van der Waals surface area (Å²) in [6.07, 6.45) is 3.01. The number of nitriles is 1. The van der Waals surface area contributed by atoms with Gasteiger partial charge in [-0.1, -0.05) is 0 Å². The largest absolute Gasteiger partial charge is 0.462 e. The van der Waals surface area contributed by atoms with Crippen molar-refractivity contribution in [3.8, 4) is 6.07 Å². The normalized spacial score (nSPS) is 36.9. The molecule has 0 aromatic heterocycles. The Bertz CT molecular complexity index is 569. The minimum Gasteiger partial charge on any atom is -0.462 e. The van der Waals surface area contributed by atoms with Crippen LogP contribution in [0.3, 0.4) is 0 Å². The number of sulfone groups is 1. The van der Waals surface area contributed by atoms with Crippen molar-refractivity contribution in [1.82, 2.24) is 4.90 Å². The molecule has 0 aromatic rings. The highest BCUT2D eigenvalue weighted by Gasteiger charge is 2.47. The fraction of sp³-hybridized carbons (Fsp3) is 0.867. The SMILES string of the molecule is N#CC1CC2CC1CC2OC(=O)CCN1CCS(=O)(=O)CC1. The van der Waals surface area contributed by atoms with E-state index in [1.807, 2.05) is 4.90 Å². The maximum absolute atomic E-state index is 12.0. The van der Waals surface area contributed by atoms with Crippen molar-refractivity contribution in [2.45, 2.75) is 31.8 Å². The lowest BCUT2D eigenvalue weighted by molar-refractivity contribution is -0.152. The number of rotatable bonds is 4. The van der Waals surface area contributed by atoms with Crippen molar-refractivity contribution in [3.05, 3.63) is 0 Å². The molecule has 2 aliphatic carbocycles. The Labute approximate surface area is 131 Å². The van der Waals surface area contributed by atoms with Crippen LogP contribution in [0, 0.1) is 29.1 Å². The van der Waals surface area contributed by atoms with Crippen LogP contribution in [0.1, 0.15) is 25.7 Å². The predicted molar refractivity (Wildman–Crippen MR) is 79.5 cm³/mol. The molecule has 1 saturated heterocycles. The van der Waals surface area contributed by atoms with Crippen LogP contribution < -0.4 is 0 Å². The number of carbonyl (C=O) groups is 1. The van der Waals surface area contributed by atoms with E-state index in [2.05, 4.69) is 6.07 Å². The smallest absolute Gasteiger partial charge is 0.307 e. The summed E-state index contributed by atoms with van der Waals surface area (Å²) in [7, 11) is -2.87. The molecule has 0 aromatic carbocycles. The Morgan fingerprint density at radius 3 is 2.50 bits per heavy atom. The summed E-state index contributed by atoms with van der Waals surface area (Å²) in [5.41, 5.74) is 0. The second kappa shape index (κ2) is 6.17. The lowest BCUT2D eigenvalue weighted by Crippen LogP contribution is -2.41. The zero-order chi connectivity index (χ0) is 15.7.